The van der Waals surface area contributed by atoms with E-state index in [1.165, 1.54) is 12.1 Å². The molecule has 0 aliphatic rings. The summed E-state index contributed by atoms with van der Waals surface area (Å²) in [5.74, 6) is -0.216. The summed E-state index contributed by atoms with van der Waals surface area (Å²) < 4.78 is 19.0. The Morgan fingerprint density at radius 1 is 1.47 bits per heavy atom. The zero-order valence-corrected chi connectivity index (χ0v) is 12.1. The van der Waals surface area contributed by atoms with Crippen molar-refractivity contribution in [3.63, 3.8) is 0 Å². The van der Waals surface area contributed by atoms with Gasteiger partial charge in [-0.1, -0.05) is 22.0 Å². The number of halogens is 2. The molecule has 2 nitrogen and oxygen atoms in total. The molecule has 0 fully saturated rings. The minimum atomic E-state index is -0.216. The maximum absolute atomic E-state index is 13.0. The molecule has 0 amide bonds. The maximum Gasteiger partial charge on any atom is 0.124 e. The molecule has 2 atom stereocenters. The second kappa shape index (κ2) is 7.09. The summed E-state index contributed by atoms with van der Waals surface area (Å²) in [6.07, 6.45) is 1.99. The summed E-state index contributed by atoms with van der Waals surface area (Å²) in [4.78, 5) is 0. The molecular weight excluding hydrogens is 285 g/mol. The Labute approximate surface area is 111 Å². The molecule has 1 rings (SSSR count). The van der Waals surface area contributed by atoms with E-state index in [0.29, 0.717) is 6.04 Å². The lowest BCUT2D eigenvalue weighted by atomic mass is 10.0. The molecule has 0 bridgehead atoms. The van der Waals surface area contributed by atoms with Gasteiger partial charge in [-0.3, -0.25) is 0 Å². The normalized spacial score (nSPS) is 14.6. The Morgan fingerprint density at radius 2 is 2.18 bits per heavy atom. The average Bonchev–Trinajstić information content (AvgIpc) is 2.31. The summed E-state index contributed by atoms with van der Waals surface area (Å²) in [5, 5.41) is 3.26. The minimum Gasteiger partial charge on any atom is -0.382 e. The van der Waals surface area contributed by atoms with E-state index in [4.69, 9.17) is 4.74 Å². The quantitative estimate of drug-likeness (QED) is 0.872. The van der Waals surface area contributed by atoms with Crippen LogP contribution in [0.1, 0.15) is 18.9 Å². The lowest BCUT2D eigenvalue weighted by molar-refractivity contribution is 0.101. The fourth-order valence-corrected chi connectivity index (χ4v) is 2.27. The Morgan fingerprint density at radius 3 is 2.71 bits per heavy atom. The molecule has 0 aliphatic heterocycles. The SMILES string of the molecule is CNC(Cc1ccc(F)cc1Br)CC(C)OC. The van der Waals surface area contributed by atoms with Crippen molar-refractivity contribution in [1.82, 2.24) is 5.32 Å². The smallest absolute Gasteiger partial charge is 0.124 e. The Kier molecular flexibility index (Phi) is 6.09. The second-order valence-electron chi connectivity index (χ2n) is 4.21. The van der Waals surface area contributed by atoms with Gasteiger partial charge in [0, 0.05) is 17.6 Å². The van der Waals surface area contributed by atoms with Crippen molar-refractivity contribution in [2.45, 2.75) is 31.9 Å². The van der Waals surface area contributed by atoms with Crippen LogP contribution < -0.4 is 5.32 Å². The molecule has 96 valence electrons. The van der Waals surface area contributed by atoms with Crippen molar-refractivity contribution in [2.24, 2.45) is 0 Å². The highest BCUT2D eigenvalue weighted by molar-refractivity contribution is 9.10. The van der Waals surface area contributed by atoms with Crippen molar-refractivity contribution in [3.8, 4) is 0 Å². The van der Waals surface area contributed by atoms with Crippen molar-refractivity contribution < 1.29 is 9.13 Å². The molecule has 1 aromatic carbocycles. The van der Waals surface area contributed by atoms with Crippen LogP contribution in [0.3, 0.4) is 0 Å². The lowest BCUT2D eigenvalue weighted by Crippen LogP contribution is -2.31. The number of ether oxygens (including phenoxy) is 1. The first-order valence-corrected chi connectivity index (χ1v) is 6.50. The Bertz CT molecular complexity index is 359. The molecule has 17 heavy (non-hydrogen) atoms. The first kappa shape index (κ1) is 14.6. The molecule has 0 saturated heterocycles. The van der Waals surface area contributed by atoms with Gasteiger partial charge in [-0.15, -0.1) is 0 Å². The fourth-order valence-electron chi connectivity index (χ4n) is 1.75. The summed E-state index contributed by atoms with van der Waals surface area (Å²) in [6.45, 7) is 2.05. The van der Waals surface area contributed by atoms with Crippen LogP contribution in [-0.4, -0.2) is 26.3 Å². The first-order chi connectivity index (χ1) is 8.06. The monoisotopic (exact) mass is 303 g/mol. The van der Waals surface area contributed by atoms with E-state index >= 15 is 0 Å². The third kappa shape index (κ3) is 4.74. The van der Waals surface area contributed by atoms with Crippen LogP contribution in [0.5, 0.6) is 0 Å². The molecule has 0 saturated carbocycles. The predicted molar refractivity (Wildman–Crippen MR) is 71.7 cm³/mol. The molecule has 0 radical (unpaired) electrons. The van der Waals surface area contributed by atoms with Crippen LogP contribution in [0.15, 0.2) is 22.7 Å². The van der Waals surface area contributed by atoms with Crippen molar-refractivity contribution in [3.05, 3.63) is 34.1 Å². The van der Waals surface area contributed by atoms with Crippen molar-refractivity contribution in [1.29, 1.82) is 0 Å². The number of methoxy groups -OCH3 is 1. The molecule has 0 aromatic heterocycles. The molecule has 1 aromatic rings. The third-order valence-corrected chi connectivity index (χ3v) is 3.65. The van der Waals surface area contributed by atoms with Crippen LogP contribution in [0.2, 0.25) is 0 Å². The predicted octanol–water partition coefficient (Wildman–Crippen LogP) is 3.14. The van der Waals surface area contributed by atoms with E-state index in [9.17, 15) is 4.39 Å². The topological polar surface area (TPSA) is 21.3 Å². The van der Waals surface area contributed by atoms with Crippen LogP contribution in [0.4, 0.5) is 4.39 Å². The van der Waals surface area contributed by atoms with Crippen molar-refractivity contribution >= 4 is 15.9 Å². The van der Waals surface area contributed by atoms with E-state index in [-0.39, 0.29) is 11.9 Å². The number of likely N-dealkylation sites (N-methyl/N-ethyl adjacent to an activating group) is 1. The fraction of sp³-hybridized carbons (Fsp3) is 0.538. The van der Waals surface area contributed by atoms with Gasteiger partial charge in [0.2, 0.25) is 0 Å². The van der Waals surface area contributed by atoms with Gasteiger partial charge in [0.05, 0.1) is 6.10 Å². The van der Waals surface area contributed by atoms with E-state index in [0.717, 1.165) is 22.9 Å². The first-order valence-electron chi connectivity index (χ1n) is 5.70. The molecule has 0 heterocycles. The number of hydrogen-bond acceptors (Lipinski definition) is 2. The van der Waals surface area contributed by atoms with E-state index < -0.39 is 0 Å². The molecule has 0 spiro atoms. The van der Waals surface area contributed by atoms with Crippen molar-refractivity contribution in [2.75, 3.05) is 14.2 Å². The molecule has 0 aliphatic carbocycles. The lowest BCUT2D eigenvalue weighted by Gasteiger charge is -2.20. The maximum atomic E-state index is 13.0. The zero-order valence-electron chi connectivity index (χ0n) is 10.5. The zero-order chi connectivity index (χ0) is 12.8. The molecule has 2 unspecified atom stereocenters. The Balaban J connectivity index is 2.67. The molecule has 4 heteroatoms. The summed E-state index contributed by atoms with van der Waals surface area (Å²) in [7, 11) is 3.65. The van der Waals surface area contributed by atoms with E-state index in [1.54, 1.807) is 7.11 Å². The summed E-state index contributed by atoms with van der Waals surface area (Å²) >= 11 is 3.39. The van der Waals surface area contributed by atoms with E-state index in [2.05, 4.69) is 21.2 Å². The van der Waals surface area contributed by atoms with Crippen LogP contribution in [-0.2, 0) is 11.2 Å². The standard InChI is InChI=1S/C13H19BrFNO/c1-9(17-3)6-12(16-2)7-10-4-5-11(15)8-13(10)14/h4-5,8-9,12,16H,6-7H2,1-3H3. The number of rotatable bonds is 6. The number of nitrogens with one attached hydrogen (secondary N) is 1. The number of hydrogen-bond donors (Lipinski definition) is 1. The highest BCUT2D eigenvalue weighted by Crippen LogP contribution is 2.20. The number of benzene rings is 1. The Hall–Kier alpha value is -0.450. The van der Waals surface area contributed by atoms with Crippen LogP contribution >= 0.6 is 15.9 Å². The summed E-state index contributed by atoms with van der Waals surface area (Å²) in [5.41, 5.74) is 1.11. The average molecular weight is 304 g/mol. The second-order valence-corrected chi connectivity index (χ2v) is 5.06. The largest absolute Gasteiger partial charge is 0.382 e. The van der Waals surface area contributed by atoms with Gasteiger partial charge < -0.3 is 10.1 Å². The third-order valence-electron chi connectivity index (χ3n) is 2.91. The van der Waals surface area contributed by atoms with E-state index in [1.807, 2.05) is 20.0 Å². The molecule has 1 N–H and O–H groups in total. The van der Waals surface area contributed by atoms with Crippen LogP contribution in [0, 0.1) is 5.82 Å². The van der Waals surface area contributed by atoms with Crippen LogP contribution in [0.25, 0.3) is 0 Å². The van der Waals surface area contributed by atoms with Gasteiger partial charge in [0.25, 0.3) is 0 Å². The van der Waals surface area contributed by atoms with Gasteiger partial charge >= 0.3 is 0 Å². The highest BCUT2D eigenvalue weighted by atomic mass is 79.9. The van der Waals surface area contributed by atoms with Gasteiger partial charge in [-0.25, -0.2) is 4.39 Å². The molecular formula is C13H19BrFNO. The highest BCUT2D eigenvalue weighted by Gasteiger charge is 2.13. The van der Waals surface area contributed by atoms with Gasteiger partial charge in [0.1, 0.15) is 5.82 Å². The van der Waals surface area contributed by atoms with Gasteiger partial charge in [-0.2, -0.15) is 0 Å². The van der Waals surface area contributed by atoms with Gasteiger partial charge in [-0.05, 0) is 44.5 Å². The van der Waals surface area contributed by atoms with Gasteiger partial charge in [0.15, 0.2) is 0 Å². The summed E-state index contributed by atoms with van der Waals surface area (Å²) in [6, 6.07) is 5.14. The minimum absolute atomic E-state index is 0.215.